The molecule has 5 aromatic rings. The highest BCUT2D eigenvalue weighted by Gasteiger charge is 2.18. The van der Waals surface area contributed by atoms with Crippen molar-refractivity contribution in [3.05, 3.63) is 108 Å². The van der Waals surface area contributed by atoms with E-state index >= 15 is 0 Å². The van der Waals surface area contributed by atoms with Crippen LogP contribution in [0.4, 0.5) is 11.4 Å². The molecule has 186 valence electrons. The van der Waals surface area contributed by atoms with Crippen molar-refractivity contribution in [3.63, 3.8) is 0 Å². The Morgan fingerprint density at radius 3 is 2.30 bits per heavy atom. The molecule has 0 radical (unpaired) electrons. The van der Waals surface area contributed by atoms with Crippen molar-refractivity contribution in [2.45, 2.75) is 33.2 Å². The number of anilines is 2. The number of ether oxygens (including phenoxy) is 1. The number of hydrogen-bond acceptors (Lipinski definition) is 3. The zero-order chi connectivity index (χ0) is 25.8. The van der Waals surface area contributed by atoms with Crippen LogP contribution in [0.25, 0.3) is 21.7 Å². The molecule has 1 aromatic heterocycles. The summed E-state index contributed by atoms with van der Waals surface area (Å²) in [5.74, 6) is -0.225. The minimum atomic E-state index is -0.225. The van der Waals surface area contributed by atoms with E-state index in [0.717, 1.165) is 63.6 Å². The van der Waals surface area contributed by atoms with Crippen molar-refractivity contribution < 1.29 is 14.3 Å². The molecular weight excluding hydrogens is 460 g/mol. The number of hydrogen-bond donors (Lipinski definition) is 0. The maximum atomic E-state index is 12.3. The van der Waals surface area contributed by atoms with Crippen molar-refractivity contribution in [2.24, 2.45) is 0 Å². The van der Waals surface area contributed by atoms with Crippen LogP contribution >= 0.6 is 0 Å². The molecule has 0 saturated carbocycles. The first-order valence-corrected chi connectivity index (χ1v) is 12.7. The fourth-order valence-electron chi connectivity index (χ4n) is 5.12. The lowest BCUT2D eigenvalue weighted by atomic mass is 10.0. The molecular formula is C32H30N2O3. The van der Waals surface area contributed by atoms with Gasteiger partial charge in [0.15, 0.2) is 0 Å². The van der Waals surface area contributed by atoms with Gasteiger partial charge in [-0.2, -0.15) is 0 Å². The number of fused-ring (bicyclic) bond motifs is 2. The van der Waals surface area contributed by atoms with Crippen molar-refractivity contribution >= 4 is 45.4 Å². The fourth-order valence-corrected chi connectivity index (χ4v) is 5.12. The summed E-state index contributed by atoms with van der Waals surface area (Å²) in [7, 11) is 0. The maximum Gasteiger partial charge on any atom is 0.325 e. The molecule has 37 heavy (non-hydrogen) atoms. The third kappa shape index (κ3) is 4.85. The molecule has 4 aromatic carbocycles. The number of carbonyl (C=O) groups excluding carboxylic acids is 2. The molecule has 0 aliphatic heterocycles. The van der Waals surface area contributed by atoms with E-state index in [2.05, 4.69) is 47.9 Å². The molecule has 5 nitrogen and oxygen atoms in total. The van der Waals surface area contributed by atoms with E-state index in [9.17, 15) is 9.59 Å². The Kier molecular flexibility index (Phi) is 7.04. The van der Waals surface area contributed by atoms with Crippen LogP contribution in [0.15, 0.2) is 91.0 Å². The van der Waals surface area contributed by atoms with E-state index in [1.54, 1.807) is 4.90 Å². The number of amides is 1. The van der Waals surface area contributed by atoms with Crippen molar-refractivity contribution in [1.29, 1.82) is 0 Å². The van der Waals surface area contributed by atoms with Crippen LogP contribution in [0.3, 0.4) is 0 Å². The van der Waals surface area contributed by atoms with E-state index in [-0.39, 0.29) is 12.5 Å². The van der Waals surface area contributed by atoms with Gasteiger partial charge < -0.3 is 9.30 Å². The van der Waals surface area contributed by atoms with Gasteiger partial charge in [-0.15, -0.1) is 0 Å². The highest BCUT2D eigenvalue weighted by molar-refractivity contribution is 5.93. The lowest BCUT2D eigenvalue weighted by Crippen LogP contribution is -2.15. The standard InChI is InChI=1S/C32H30N2O3/c1-3-30-29(28-11-7-8-12-31(28)33(30)21-32(36)37-4-2)19-23-13-16-26(17-14-23)34(22-35)27-18-15-24-9-5-6-10-25(24)20-27/h5-18,20,22H,3-4,19,21H2,1-2H3. The molecule has 0 aliphatic carbocycles. The van der Waals surface area contributed by atoms with Crippen molar-refractivity contribution in [3.8, 4) is 0 Å². The van der Waals surface area contributed by atoms with Gasteiger partial charge in [0.05, 0.1) is 6.61 Å². The number of para-hydroxylation sites is 1. The minimum Gasteiger partial charge on any atom is -0.465 e. The van der Waals surface area contributed by atoms with Gasteiger partial charge in [0, 0.05) is 28.0 Å². The van der Waals surface area contributed by atoms with Crippen LogP contribution < -0.4 is 4.90 Å². The molecule has 1 amide bonds. The quantitative estimate of drug-likeness (QED) is 0.169. The third-order valence-electron chi connectivity index (χ3n) is 6.83. The van der Waals surface area contributed by atoms with Crippen LogP contribution in [0, 0.1) is 0 Å². The van der Waals surface area contributed by atoms with Crippen LogP contribution in [0.5, 0.6) is 0 Å². The predicted molar refractivity (Wildman–Crippen MR) is 149 cm³/mol. The van der Waals surface area contributed by atoms with Crippen LogP contribution in [0.1, 0.15) is 30.7 Å². The second kappa shape index (κ2) is 10.7. The highest BCUT2D eigenvalue weighted by Crippen LogP contribution is 2.31. The average Bonchev–Trinajstić information content (AvgIpc) is 3.22. The first-order valence-electron chi connectivity index (χ1n) is 12.7. The summed E-state index contributed by atoms with van der Waals surface area (Å²) >= 11 is 0. The number of benzene rings is 4. The Hall–Kier alpha value is -4.38. The van der Waals surface area contributed by atoms with Gasteiger partial charge in [-0.1, -0.05) is 67.6 Å². The Balaban J connectivity index is 1.45. The molecule has 0 atom stereocenters. The second-order valence-electron chi connectivity index (χ2n) is 9.04. The van der Waals surface area contributed by atoms with Gasteiger partial charge in [-0.25, -0.2) is 0 Å². The van der Waals surface area contributed by atoms with Crippen LogP contribution in [-0.4, -0.2) is 23.6 Å². The van der Waals surface area contributed by atoms with Gasteiger partial charge in [-0.3, -0.25) is 14.5 Å². The number of rotatable bonds is 9. The molecule has 0 fully saturated rings. The molecule has 0 N–H and O–H groups in total. The zero-order valence-corrected chi connectivity index (χ0v) is 21.2. The summed E-state index contributed by atoms with van der Waals surface area (Å²) in [6.07, 6.45) is 2.40. The van der Waals surface area contributed by atoms with Gasteiger partial charge >= 0.3 is 5.97 Å². The van der Waals surface area contributed by atoms with Crippen molar-refractivity contribution in [2.75, 3.05) is 11.5 Å². The lowest BCUT2D eigenvalue weighted by Gasteiger charge is -2.19. The summed E-state index contributed by atoms with van der Waals surface area (Å²) in [6, 6.07) is 30.5. The monoisotopic (exact) mass is 490 g/mol. The summed E-state index contributed by atoms with van der Waals surface area (Å²) in [6.45, 7) is 4.52. The Bertz CT molecular complexity index is 1570. The highest BCUT2D eigenvalue weighted by atomic mass is 16.5. The van der Waals surface area contributed by atoms with E-state index in [1.807, 2.05) is 61.5 Å². The Morgan fingerprint density at radius 2 is 1.57 bits per heavy atom. The average molecular weight is 491 g/mol. The normalized spacial score (nSPS) is 11.1. The molecule has 5 heteroatoms. The van der Waals surface area contributed by atoms with E-state index in [0.29, 0.717) is 6.61 Å². The number of carbonyl (C=O) groups is 2. The first-order chi connectivity index (χ1) is 18.1. The maximum absolute atomic E-state index is 12.3. The lowest BCUT2D eigenvalue weighted by molar-refractivity contribution is -0.143. The number of aromatic nitrogens is 1. The molecule has 0 saturated heterocycles. The molecule has 5 rings (SSSR count). The van der Waals surface area contributed by atoms with Crippen molar-refractivity contribution in [1.82, 2.24) is 4.57 Å². The number of nitrogens with zero attached hydrogens (tertiary/aromatic N) is 2. The van der Waals surface area contributed by atoms with Gasteiger partial charge in [0.25, 0.3) is 0 Å². The fraction of sp³-hybridized carbons (Fsp3) is 0.188. The van der Waals surface area contributed by atoms with E-state index < -0.39 is 0 Å². The Labute approximate surface area is 216 Å². The Morgan fingerprint density at radius 1 is 0.865 bits per heavy atom. The minimum absolute atomic E-state index is 0.205. The van der Waals surface area contributed by atoms with Gasteiger partial charge in [0.1, 0.15) is 6.54 Å². The topological polar surface area (TPSA) is 51.5 Å². The summed E-state index contributed by atoms with van der Waals surface area (Å²) in [5.41, 5.74) is 6.19. The second-order valence-corrected chi connectivity index (χ2v) is 9.04. The molecule has 0 spiro atoms. The smallest absolute Gasteiger partial charge is 0.325 e. The third-order valence-corrected chi connectivity index (χ3v) is 6.83. The largest absolute Gasteiger partial charge is 0.465 e. The first kappa shape index (κ1) is 24.3. The SMILES string of the molecule is CCOC(=O)Cn1c(CC)c(Cc2ccc(N(C=O)c3ccc4ccccc4c3)cc2)c2ccccc21. The predicted octanol–water partition coefficient (Wildman–Crippen LogP) is 6.81. The molecule has 0 aliphatic rings. The zero-order valence-electron chi connectivity index (χ0n) is 21.2. The van der Waals surface area contributed by atoms with Crippen LogP contribution in [-0.2, 0) is 33.7 Å². The van der Waals surface area contributed by atoms with E-state index in [1.165, 1.54) is 5.56 Å². The summed E-state index contributed by atoms with van der Waals surface area (Å²) < 4.78 is 7.32. The molecule has 0 unspecified atom stereocenters. The summed E-state index contributed by atoms with van der Waals surface area (Å²) in [5, 5.41) is 3.38. The van der Waals surface area contributed by atoms with Gasteiger partial charge in [0.2, 0.25) is 6.41 Å². The number of esters is 1. The van der Waals surface area contributed by atoms with E-state index in [4.69, 9.17) is 4.74 Å². The molecule has 1 heterocycles. The summed E-state index contributed by atoms with van der Waals surface area (Å²) in [4.78, 5) is 26.1. The van der Waals surface area contributed by atoms with Gasteiger partial charge in [-0.05, 0) is 72.0 Å². The molecule has 0 bridgehead atoms. The van der Waals surface area contributed by atoms with Crippen LogP contribution in [0.2, 0.25) is 0 Å².